The number of thiophene rings is 1. The lowest BCUT2D eigenvalue weighted by molar-refractivity contribution is -0.116. The number of hydrogen-bond acceptors (Lipinski definition) is 5. The first-order valence-electron chi connectivity index (χ1n) is 9.00. The normalized spacial score (nSPS) is 11.1. The van der Waals surface area contributed by atoms with E-state index in [1.807, 2.05) is 32.0 Å². The van der Waals surface area contributed by atoms with Gasteiger partial charge in [0.15, 0.2) is 0 Å². The second kappa shape index (κ2) is 8.53. The van der Waals surface area contributed by atoms with Gasteiger partial charge in [-0.15, -0.1) is 11.3 Å². The van der Waals surface area contributed by atoms with Crippen molar-refractivity contribution in [3.05, 3.63) is 61.6 Å². The molecule has 1 N–H and O–H groups in total. The van der Waals surface area contributed by atoms with E-state index in [1.165, 1.54) is 20.5 Å². The Balaban J connectivity index is 1.96. The molecular formula is C20H23N3O4S. The average Bonchev–Trinajstić information content (AvgIpc) is 3.15. The van der Waals surface area contributed by atoms with Gasteiger partial charge >= 0.3 is 5.69 Å². The lowest BCUT2D eigenvalue weighted by atomic mass is 10.1. The summed E-state index contributed by atoms with van der Waals surface area (Å²) in [7, 11) is 1.57. The van der Waals surface area contributed by atoms with Crippen molar-refractivity contribution in [1.29, 1.82) is 0 Å². The number of nitrogens with zero attached hydrogens (tertiary/aromatic N) is 2. The summed E-state index contributed by atoms with van der Waals surface area (Å²) in [6.45, 7) is 4.37. The smallest absolute Gasteiger partial charge is 0.332 e. The number of fused-ring (bicyclic) bond motifs is 1. The van der Waals surface area contributed by atoms with Crippen LogP contribution in [0.15, 0.2) is 39.2 Å². The zero-order chi connectivity index (χ0) is 20.3. The number of ether oxygens (including phenoxy) is 1. The van der Waals surface area contributed by atoms with Crippen molar-refractivity contribution in [2.45, 2.75) is 33.4 Å². The highest BCUT2D eigenvalue weighted by molar-refractivity contribution is 7.17. The molecule has 0 aliphatic carbocycles. The van der Waals surface area contributed by atoms with Crippen molar-refractivity contribution in [2.75, 3.05) is 19.0 Å². The zero-order valence-corrected chi connectivity index (χ0v) is 17.0. The van der Waals surface area contributed by atoms with Crippen molar-refractivity contribution < 1.29 is 9.53 Å². The minimum absolute atomic E-state index is 0.162. The number of carbonyl (C=O) groups excluding carboxylic acids is 1. The summed E-state index contributed by atoms with van der Waals surface area (Å²) in [6, 6.07) is 7.47. The molecule has 148 valence electrons. The van der Waals surface area contributed by atoms with Crippen molar-refractivity contribution in [3.8, 4) is 0 Å². The number of benzene rings is 1. The number of carbonyl (C=O) groups is 1. The Bertz CT molecular complexity index is 1110. The van der Waals surface area contributed by atoms with Gasteiger partial charge in [0.25, 0.3) is 5.56 Å². The van der Waals surface area contributed by atoms with E-state index in [0.29, 0.717) is 23.2 Å². The molecule has 8 heteroatoms. The van der Waals surface area contributed by atoms with Gasteiger partial charge in [0, 0.05) is 25.9 Å². The highest BCUT2D eigenvalue weighted by atomic mass is 32.1. The van der Waals surface area contributed by atoms with E-state index in [2.05, 4.69) is 5.32 Å². The minimum Gasteiger partial charge on any atom is -0.385 e. The first kappa shape index (κ1) is 20.0. The SMILES string of the molecule is COCCCn1c(=O)c2sccc2n(CC(=O)Nc2c(C)cccc2C)c1=O. The van der Waals surface area contributed by atoms with E-state index in [9.17, 15) is 14.4 Å². The van der Waals surface area contributed by atoms with Crippen LogP contribution in [0, 0.1) is 13.8 Å². The highest BCUT2D eigenvalue weighted by Crippen LogP contribution is 2.20. The summed E-state index contributed by atoms with van der Waals surface area (Å²) in [4.78, 5) is 38.3. The van der Waals surface area contributed by atoms with E-state index < -0.39 is 5.69 Å². The molecule has 0 bridgehead atoms. The largest absolute Gasteiger partial charge is 0.385 e. The fourth-order valence-corrected chi connectivity index (χ4v) is 4.03. The van der Waals surface area contributed by atoms with Gasteiger partial charge in [-0.2, -0.15) is 0 Å². The van der Waals surface area contributed by atoms with Crippen LogP contribution in [0.3, 0.4) is 0 Å². The van der Waals surface area contributed by atoms with Crippen molar-refractivity contribution in [2.24, 2.45) is 0 Å². The second-order valence-corrected chi connectivity index (χ2v) is 7.54. The molecule has 0 atom stereocenters. The topological polar surface area (TPSA) is 82.3 Å². The van der Waals surface area contributed by atoms with E-state index in [0.717, 1.165) is 16.8 Å². The highest BCUT2D eigenvalue weighted by Gasteiger charge is 2.17. The maximum absolute atomic E-state index is 12.9. The molecule has 0 aliphatic rings. The van der Waals surface area contributed by atoms with Crippen LogP contribution in [-0.2, 0) is 22.6 Å². The third-order valence-electron chi connectivity index (χ3n) is 4.61. The molecule has 0 saturated carbocycles. The van der Waals surface area contributed by atoms with Crippen LogP contribution < -0.4 is 16.6 Å². The van der Waals surface area contributed by atoms with Gasteiger partial charge in [-0.3, -0.25) is 18.7 Å². The monoisotopic (exact) mass is 401 g/mol. The molecular weight excluding hydrogens is 378 g/mol. The number of anilines is 1. The Morgan fingerprint density at radius 1 is 1.14 bits per heavy atom. The van der Waals surface area contributed by atoms with Crippen LogP contribution >= 0.6 is 11.3 Å². The van der Waals surface area contributed by atoms with E-state index >= 15 is 0 Å². The molecule has 0 aliphatic heterocycles. The van der Waals surface area contributed by atoms with Gasteiger partial charge in [0.1, 0.15) is 11.2 Å². The van der Waals surface area contributed by atoms with Crippen LogP contribution in [0.1, 0.15) is 17.5 Å². The van der Waals surface area contributed by atoms with Crippen molar-refractivity contribution in [3.63, 3.8) is 0 Å². The molecule has 0 spiro atoms. The maximum atomic E-state index is 12.9. The van der Waals surface area contributed by atoms with Gasteiger partial charge in [-0.25, -0.2) is 4.79 Å². The van der Waals surface area contributed by atoms with Gasteiger partial charge in [-0.1, -0.05) is 18.2 Å². The summed E-state index contributed by atoms with van der Waals surface area (Å²) in [6.07, 6.45) is 0.539. The third-order valence-corrected chi connectivity index (χ3v) is 5.51. The average molecular weight is 401 g/mol. The fraction of sp³-hybridized carbons (Fsp3) is 0.350. The third kappa shape index (κ3) is 3.93. The quantitative estimate of drug-likeness (QED) is 0.617. The molecule has 0 radical (unpaired) electrons. The second-order valence-electron chi connectivity index (χ2n) is 6.62. The van der Waals surface area contributed by atoms with Crippen LogP contribution in [0.25, 0.3) is 10.2 Å². The molecule has 0 fully saturated rings. The summed E-state index contributed by atoms with van der Waals surface area (Å²) in [5.74, 6) is -0.311. The molecule has 1 aromatic carbocycles. The predicted octanol–water partition coefficient (Wildman–Crippen LogP) is 2.52. The maximum Gasteiger partial charge on any atom is 0.332 e. The zero-order valence-electron chi connectivity index (χ0n) is 16.2. The van der Waals surface area contributed by atoms with Gasteiger partial charge in [0.2, 0.25) is 5.91 Å². The summed E-state index contributed by atoms with van der Waals surface area (Å²) >= 11 is 1.27. The number of aryl methyl sites for hydroxylation is 2. The number of methoxy groups -OCH3 is 1. The lowest BCUT2D eigenvalue weighted by Gasteiger charge is -2.14. The number of amides is 1. The fourth-order valence-electron chi connectivity index (χ4n) is 3.18. The molecule has 2 heterocycles. The standard InChI is InChI=1S/C20H23N3O4S/c1-13-6-4-7-14(2)17(13)21-16(24)12-23-15-8-11-28-18(15)19(25)22(20(23)26)9-5-10-27-3/h4,6-8,11H,5,9-10,12H2,1-3H3,(H,21,24). The Hall–Kier alpha value is -2.71. The predicted molar refractivity (Wildman–Crippen MR) is 111 cm³/mol. The number of para-hydroxylation sites is 1. The molecule has 3 rings (SSSR count). The number of hydrogen-bond donors (Lipinski definition) is 1. The first-order chi connectivity index (χ1) is 13.4. The Labute approximate surface area is 166 Å². The Morgan fingerprint density at radius 2 is 1.86 bits per heavy atom. The molecule has 0 saturated heterocycles. The summed E-state index contributed by atoms with van der Waals surface area (Å²) in [5, 5.41) is 4.65. The van der Waals surface area contributed by atoms with Gasteiger partial charge in [-0.05, 0) is 42.8 Å². The minimum atomic E-state index is -0.483. The van der Waals surface area contributed by atoms with Crippen LogP contribution in [-0.4, -0.2) is 28.8 Å². The molecule has 3 aromatic rings. The lowest BCUT2D eigenvalue weighted by Crippen LogP contribution is -2.41. The van der Waals surface area contributed by atoms with E-state index in [1.54, 1.807) is 18.6 Å². The number of aromatic nitrogens is 2. The van der Waals surface area contributed by atoms with Crippen LogP contribution in [0.2, 0.25) is 0 Å². The molecule has 2 aromatic heterocycles. The van der Waals surface area contributed by atoms with E-state index in [-0.39, 0.29) is 24.6 Å². The van der Waals surface area contributed by atoms with Crippen molar-refractivity contribution >= 4 is 33.1 Å². The van der Waals surface area contributed by atoms with E-state index in [4.69, 9.17) is 4.74 Å². The van der Waals surface area contributed by atoms with Crippen LogP contribution in [0.5, 0.6) is 0 Å². The van der Waals surface area contributed by atoms with Gasteiger partial charge in [0.05, 0.1) is 5.52 Å². The Morgan fingerprint density at radius 3 is 2.54 bits per heavy atom. The number of nitrogens with one attached hydrogen (secondary N) is 1. The van der Waals surface area contributed by atoms with Crippen molar-refractivity contribution in [1.82, 2.24) is 9.13 Å². The first-order valence-corrected chi connectivity index (χ1v) is 9.88. The van der Waals surface area contributed by atoms with Gasteiger partial charge < -0.3 is 10.1 Å². The Kier molecular flexibility index (Phi) is 6.11. The summed E-state index contributed by atoms with van der Waals surface area (Å²) in [5.41, 5.74) is 2.33. The molecule has 28 heavy (non-hydrogen) atoms. The molecule has 0 unspecified atom stereocenters. The summed E-state index contributed by atoms with van der Waals surface area (Å²) < 4.78 is 8.03. The molecule has 7 nitrogen and oxygen atoms in total. The number of rotatable bonds is 7. The van der Waals surface area contributed by atoms with Crippen LogP contribution in [0.4, 0.5) is 5.69 Å². The molecule has 1 amide bonds.